The van der Waals surface area contributed by atoms with E-state index in [-0.39, 0.29) is 11.7 Å². The van der Waals surface area contributed by atoms with Crippen molar-refractivity contribution < 1.29 is 13.9 Å². The molecule has 0 fully saturated rings. The molecular formula is C22H20N2O3. The summed E-state index contributed by atoms with van der Waals surface area (Å²) >= 11 is 0. The van der Waals surface area contributed by atoms with E-state index in [9.17, 15) is 4.79 Å². The van der Waals surface area contributed by atoms with Crippen molar-refractivity contribution in [1.82, 2.24) is 4.98 Å². The third-order valence-electron chi connectivity index (χ3n) is 4.90. The zero-order valence-corrected chi connectivity index (χ0v) is 15.7. The fraction of sp³-hybridized carbons (Fsp3) is 0.182. The molecule has 4 rings (SSSR count). The number of carbonyl (C=O) groups is 1. The van der Waals surface area contributed by atoms with Crippen molar-refractivity contribution in [3.05, 3.63) is 65.4 Å². The standard InChI is InChI=1S/C22H20N2O3/c1-13-5-7-17(9-14(13)2)24(3)22(25)20-11-16-10-15-6-8-18(26-4)12-19(15)23-21(16)27-20/h5-12H,1-4H3. The second-order valence-corrected chi connectivity index (χ2v) is 6.68. The topological polar surface area (TPSA) is 55.6 Å². The third kappa shape index (κ3) is 3.01. The van der Waals surface area contributed by atoms with Crippen LogP contribution in [0.4, 0.5) is 5.69 Å². The number of ether oxygens (including phenoxy) is 1. The number of nitrogens with zero attached hydrogens (tertiary/aromatic N) is 2. The van der Waals surface area contributed by atoms with Gasteiger partial charge in [0, 0.05) is 29.6 Å². The molecule has 4 aromatic rings. The number of aryl methyl sites for hydroxylation is 2. The lowest BCUT2D eigenvalue weighted by Gasteiger charge is -2.17. The van der Waals surface area contributed by atoms with E-state index in [2.05, 4.69) is 4.98 Å². The molecule has 0 aliphatic carbocycles. The SMILES string of the molecule is COc1ccc2cc3cc(C(=O)N(C)c4ccc(C)c(C)c4)oc3nc2c1. The molecule has 2 aromatic carbocycles. The van der Waals surface area contributed by atoms with E-state index in [0.29, 0.717) is 5.71 Å². The average molecular weight is 360 g/mol. The Morgan fingerprint density at radius 3 is 2.56 bits per heavy atom. The molecule has 0 atom stereocenters. The number of fused-ring (bicyclic) bond motifs is 2. The Morgan fingerprint density at radius 2 is 1.81 bits per heavy atom. The van der Waals surface area contributed by atoms with Gasteiger partial charge in [-0.2, -0.15) is 0 Å². The second kappa shape index (κ2) is 6.43. The number of furan rings is 1. The summed E-state index contributed by atoms with van der Waals surface area (Å²) in [4.78, 5) is 19.0. The summed E-state index contributed by atoms with van der Waals surface area (Å²) in [6.45, 7) is 4.08. The molecule has 136 valence electrons. The van der Waals surface area contributed by atoms with Crippen LogP contribution in [-0.4, -0.2) is 25.0 Å². The summed E-state index contributed by atoms with van der Waals surface area (Å²) < 4.78 is 11.0. The molecule has 0 bridgehead atoms. The normalized spacial score (nSPS) is 11.1. The first kappa shape index (κ1) is 17.1. The van der Waals surface area contributed by atoms with Gasteiger partial charge in [0.15, 0.2) is 5.76 Å². The van der Waals surface area contributed by atoms with Crippen LogP contribution in [0.3, 0.4) is 0 Å². The number of carbonyl (C=O) groups excluding carboxylic acids is 1. The highest BCUT2D eigenvalue weighted by Crippen LogP contribution is 2.27. The second-order valence-electron chi connectivity index (χ2n) is 6.68. The Balaban J connectivity index is 1.72. The molecule has 0 saturated carbocycles. The van der Waals surface area contributed by atoms with Crippen LogP contribution in [0.25, 0.3) is 22.0 Å². The van der Waals surface area contributed by atoms with E-state index in [4.69, 9.17) is 9.15 Å². The summed E-state index contributed by atoms with van der Waals surface area (Å²) in [5.41, 5.74) is 4.35. The molecule has 0 unspecified atom stereocenters. The number of benzene rings is 2. The van der Waals surface area contributed by atoms with Gasteiger partial charge in [0.2, 0.25) is 5.71 Å². The highest BCUT2D eigenvalue weighted by atomic mass is 16.5. The zero-order chi connectivity index (χ0) is 19.1. The highest BCUT2D eigenvalue weighted by Gasteiger charge is 2.19. The smallest absolute Gasteiger partial charge is 0.293 e. The van der Waals surface area contributed by atoms with Crippen molar-refractivity contribution >= 4 is 33.6 Å². The van der Waals surface area contributed by atoms with Gasteiger partial charge in [-0.1, -0.05) is 6.07 Å². The van der Waals surface area contributed by atoms with E-state index in [0.717, 1.165) is 33.3 Å². The van der Waals surface area contributed by atoms with Gasteiger partial charge in [-0.25, -0.2) is 4.98 Å². The number of methoxy groups -OCH3 is 1. The number of aromatic nitrogens is 1. The summed E-state index contributed by atoms with van der Waals surface area (Å²) in [5, 5.41) is 1.76. The minimum absolute atomic E-state index is 0.210. The van der Waals surface area contributed by atoms with E-state index in [1.54, 1.807) is 25.1 Å². The first-order chi connectivity index (χ1) is 13.0. The van der Waals surface area contributed by atoms with Crippen LogP contribution < -0.4 is 9.64 Å². The minimum Gasteiger partial charge on any atom is -0.497 e. The van der Waals surface area contributed by atoms with Gasteiger partial charge in [0.25, 0.3) is 5.91 Å². The lowest BCUT2D eigenvalue weighted by Crippen LogP contribution is -2.25. The van der Waals surface area contributed by atoms with Crippen molar-refractivity contribution in [2.45, 2.75) is 13.8 Å². The van der Waals surface area contributed by atoms with Crippen LogP contribution in [0, 0.1) is 13.8 Å². The molecule has 1 amide bonds. The highest BCUT2D eigenvalue weighted by molar-refractivity contribution is 6.06. The van der Waals surface area contributed by atoms with Crippen LogP contribution >= 0.6 is 0 Å². The lowest BCUT2D eigenvalue weighted by atomic mass is 10.1. The first-order valence-electron chi connectivity index (χ1n) is 8.70. The van der Waals surface area contributed by atoms with Crippen LogP contribution in [0.5, 0.6) is 5.75 Å². The predicted octanol–water partition coefficient (Wildman–Crippen LogP) is 4.88. The molecule has 0 saturated heterocycles. The average Bonchev–Trinajstić information content (AvgIpc) is 3.09. The van der Waals surface area contributed by atoms with Gasteiger partial charge in [0.1, 0.15) is 5.75 Å². The molecule has 2 heterocycles. The molecule has 0 aliphatic rings. The summed E-state index contributed by atoms with van der Waals surface area (Å²) in [6, 6.07) is 15.3. The number of rotatable bonds is 3. The molecule has 5 heteroatoms. The van der Waals surface area contributed by atoms with Crippen molar-refractivity contribution in [3.8, 4) is 5.75 Å². The Kier molecular flexibility index (Phi) is 4.07. The Bertz CT molecular complexity index is 1180. The fourth-order valence-electron chi connectivity index (χ4n) is 3.05. The molecule has 27 heavy (non-hydrogen) atoms. The Hall–Kier alpha value is -3.34. The van der Waals surface area contributed by atoms with Gasteiger partial charge in [-0.15, -0.1) is 0 Å². The molecule has 0 N–H and O–H groups in total. The third-order valence-corrected chi connectivity index (χ3v) is 4.90. The van der Waals surface area contributed by atoms with E-state index in [1.807, 2.05) is 56.3 Å². The molecule has 2 aromatic heterocycles. The molecule has 0 aliphatic heterocycles. The largest absolute Gasteiger partial charge is 0.497 e. The predicted molar refractivity (Wildman–Crippen MR) is 107 cm³/mol. The van der Waals surface area contributed by atoms with Gasteiger partial charge in [-0.05, 0) is 61.4 Å². The van der Waals surface area contributed by atoms with E-state index in [1.165, 1.54) is 5.56 Å². The van der Waals surface area contributed by atoms with Crippen LogP contribution in [0.1, 0.15) is 21.7 Å². The monoisotopic (exact) mass is 360 g/mol. The summed E-state index contributed by atoms with van der Waals surface area (Å²) in [6.07, 6.45) is 0. The fourth-order valence-corrected chi connectivity index (χ4v) is 3.05. The van der Waals surface area contributed by atoms with Gasteiger partial charge in [0.05, 0.1) is 12.6 Å². The number of anilines is 1. The molecular weight excluding hydrogens is 340 g/mol. The minimum atomic E-state index is -0.210. The lowest BCUT2D eigenvalue weighted by molar-refractivity contribution is 0.0968. The van der Waals surface area contributed by atoms with Gasteiger partial charge in [-0.3, -0.25) is 4.79 Å². The maximum absolute atomic E-state index is 12.9. The van der Waals surface area contributed by atoms with Crippen LogP contribution in [0.2, 0.25) is 0 Å². The van der Waals surface area contributed by atoms with Gasteiger partial charge < -0.3 is 14.1 Å². The van der Waals surface area contributed by atoms with E-state index >= 15 is 0 Å². The van der Waals surface area contributed by atoms with E-state index < -0.39 is 0 Å². The maximum atomic E-state index is 12.9. The van der Waals surface area contributed by atoms with Gasteiger partial charge >= 0.3 is 0 Å². The zero-order valence-electron chi connectivity index (χ0n) is 15.7. The Labute approximate surface area is 157 Å². The summed E-state index contributed by atoms with van der Waals surface area (Å²) in [5.74, 6) is 0.782. The molecule has 5 nitrogen and oxygen atoms in total. The maximum Gasteiger partial charge on any atom is 0.293 e. The number of amides is 1. The van der Waals surface area contributed by atoms with Crippen molar-refractivity contribution in [1.29, 1.82) is 0 Å². The van der Waals surface area contributed by atoms with Crippen LogP contribution in [-0.2, 0) is 0 Å². The number of pyridine rings is 1. The molecule has 0 radical (unpaired) electrons. The molecule has 0 spiro atoms. The number of hydrogen-bond acceptors (Lipinski definition) is 4. The quantitative estimate of drug-likeness (QED) is 0.522. The number of hydrogen-bond donors (Lipinski definition) is 0. The Morgan fingerprint density at radius 1 is 1.00 bits per heavy atom. The first-order valence-corrected chi connectivity index (χ1v) is 8.70. The summed E-state index contributed by atoms with van der Waals surface area (Å²) in [7, 11) is 3.36. The van der Waals surface area contributed by atoms with Crippen molar-refractivity contribution in [3.63, 3.8) is 0 Å². The van der Waals surface area contributed by atoms with Crippen molar-refractivity contribution in [2.75, 3.05) is 19.1 Å². The van der Waals surface area contributed by atoms with Crippen LogP contribution in [0.15, 0.2) is 52.9 Å². The van der Waals surface area contributed by atoms with Crippen molar-refractivity contribution in [2.24, 2.45) is 0 Å².